The van der Waals surface area contributed by atoms with E-state index in [0.29, 0.717) is 12.2 Å². The topological polar surface area (TPSA) is 107 Å². The summed E-state index contributed by atoms with van der Waals surface area (Å²) < 4.78 is 5.28. The van der Waals surface area contributed by atoms with Crippen LogP contribution in [0, 0.1) is 10.1 Å². The Balaban J connectivity index is 2.03. The van der Waals surface area contributed by atoms with Crippen molar-refractivity contribution in [2.45, 2.75) is 6.92 Å². The van der Waals surface area contributed by atoms with Crippen LogP contribution >= 0.6 is 0 Å². The quantitative estimate of drug-likeness (QED) is 0.397. The first-order valence-electron chi connectivity index (χ1n) is 7.47. The van der Waals surface area contributed by atoms with E-state index in [9.17, 15) is 24.8 Å². The Morgan fingerprint density at radius 1 is 1.12 bits per heavy atom. The molecular formula is C18H13NO6. The number of allylic oxidation sites excluding steroid dienone is 1. The summed E-state index contributed by atoms with van der Waals surface area (Å²) in [4.78, 5) is 35.1. The number of hydrogen-bond donors (Lipinski definition) is 1. The van der Waals surface area contributed by atoms with Crippen LogP contribution < -0.4 is 4.74 Å². The lowest BCUT2D eigenvalue weighted by Crippen LogP contribution is -2.00. The number of nitrogens with zero attached hydrogens (tertiary/aromatic N) is 1. The first-order chi connectivity index (χ1) is 11.9. The Morgan fingerprint density at radius 2 is 1.84 bits per heavy atom. The monoisotopic (exact) mass is 339 g/mol. The lowest BCUT2D eigenvalue weighted by atomic mass is 10.1. The number of non-ortho nitro benzene ring substituents is 1. The van der Waals surface area contributed by atoms with Gasteiger partial charge in [0, 0.05) is 23.3 Å². The van der Waals surface area contributed by atoms with Gasteiger partial charge in [0.15, 0.2) is 23.1 Å². The largest absolute Gasteiger partial charge is 0.504 e. The summed E-state index contributed by atoms with van der Waals surface area (Å²) in [5.41, 5.74) is 0.341. The minimum Gasteiger partial charge on any atom is -0.504 e. The van der Waals surface area contributed by atoms with Crippen LogP contribution in [0.2, 0.25) is 0 Å². The molecule has 25 heavy (non-hydrogen) atoms. The van der Waals surface area contributed by atoms with Gasteiger partial charge in [0.2, 0.25) is 0 Å². The number of hydrogen-bond acceptors (Lipinski definition) is 6. The van der Waals surface area contributed by atoms with Gasteiger partial charge in [-0.15, -0.1) is 0 Å². The molecule has 7 nitrogen and oxygen atoms in total. The molecule has 2 aromatic carbocycles. The third-order valence-corrected chi connectivity index (χ3v) is 3.79. The maximum absolute atomic E-state index is 12.5. The van der Waals surface area contributed by atoms with E-state index in [2.05, 4.69) is 0 Å². The molecule has 7 heteroatoms. The molecule has 0 bridgehead atoms. The van der Waals surface area contributed by atoms with E-state index >= 15 is 0 Å². The summed E-state index contributed by atoms with van der Waals surface area (Å²) in [7, 11) is 0. The van der Waals surface area contributed by atoms with Gasteiger partial charge in [-0.1, -0.05) is 6.07 Å². The number of phenolic OH excluding ortho intramolecular Hbond substituents is 1. The van der Waals surface area contributed by atoms with Crippen molar-refractivity contribution in [3.63, 3.8) is 0 Å². The number of Topliss-reactive ketones (excluding diaryl/α,β-unsaturated/α-hetero) is 2. The molecule has 0 aliphatic heterocycles. The third-order valence-electron chi connectivity index (χ3n) is 3.79. The number of ether oxygens (including phenoxy) is 1. The predicted molar refractivity (Wildman–Crippen MR) is 89.0 cm³/mol. The van der Waals surface area contributed by atoms with Crippen LogP contribution in [0.3, 0.4) is 0 Å². The second kappa shape index (κ2) is 6.20. The Kier molecular flexibility index (Phi) is 4.06. The van der Waals surface area contributed by atoms with Crippen LogP contribution in [0.5, 0.6) is 11.5 Å². The van der Waals surface area contributed by atoms with E-state index in [1.54, 1.807) is 6.92 Å². The number of aromatic hydroxyl groups is 1. The van der Waals surface area contributed by atoms with Gasteiger partial charge in [-0.3, -0.25) is 19.7 Å². The molecule has 2 aromatic rings. The molecule has 126 valence electrons. The third kappa shape index (κ3) is 2.87. The number of benzene rings is 2. The SMILES string of the molecule is CCOc1cc(C=C2C(=O)c3ccc([N+](=O)[O-])cc3C2=O)ccc1O. The van der Waals surface area contributed by atoms with Gasteiger partial charge in [0.05, 0.1) is 17.1 Å². The number of carbonyl (C=O) groups excluding carboxylic acids is 2. The molecule has 0 unspecified atom stereocenters. The Hall–Kier alpha value is -3.48. The number of ketones is 2. The number of carbonyl (C=O) groups is 2. The molecule has 0 atom stereocenters. The molecule has 0 aromatic heterocycles. The number of fused-ring (bicyclic) bond motifs is 1. The van der Waals surface area contributed by atoms with Crippen molar-refractivity contribution in [3.8, 4) is 11.5 Å². The summed E-state index contributed by atoms with van der Waals surface area (Å²) in [5.74, 6) is -0.856. The summed E-state index contributed by atoms with van der Waals surface area (Å²) in [6.45, 7) is 2.11. The summed E-state index contributed by atoms with van der Waals surface area (Å²) in [6.07, 6.45) is 1.39. The zero-order valence-electron chi connectivity index (χ0n) is 13.2. The average molecular weight is 339 g/mol. The van der Waals surface area contributed by atoms with E-state index in [1.165, 1.54) is 36.4 Å². The molecule has 0 radical (unpaired) electrons. The van der Waals surface area contributed by atoms with Crippen molar-refractivity contribution in [1.29, 1.82) is 0 Å². The highest BCUT2D eigenvalue weighted by Crippen LogP contribution is 2.32. The molecule has 3 rings (SSSR count). The molecule has 0 amide bonds. The van der Waals surface area contributed by atoms with Crippen molar-refractivity contribution < 1.29 is 24.4 Å². The first-order valence-corrected chi connectivity index (χ1v) is 7.47. The molecule has 0 heterocycles. The van der Waals surface area contributed by atoms with Gasteiger partial charge in [-0.2, -0.15) is 0 Å². The standard InChI is InChI=1S/C18H13NO6/c1-2-25-16-8-10(3-6-15(16)20)7-14-17(21)12-5-4-11(19(23)24)9-13(12)18(14)22/h3-9,20H,2H2,1H3. The van der Waals surface area contributed by atoms with Crippen LogP contribution in [-0.2, 0) is 0 Å². The van der Waals surface area contributed by atoms with Gasteiger partial charge in [-0.05, 0) is 36.8 Å². The molecule has 0 fully saturated rings. The Morgan fingerprint density at radius 3 is 2.52 bits per heavy atom. The van der Waals surface area contributed by atoms with Crippen LogP contribution in [0.1, 0.15) is 33.2 Å². The summed E-state index contributed by atoms with van der Waals surface area (Å²) >= 11 is 0. The predicted octanol–water partition coefficient (Wildman–Crippen LogP) is 3.16. The lowest BCUT2D eigenvalue weighted by molar-refractivity contribution is -0.384. The summed E-state index contributed by atoms with van der Waals surface area (Å²) in [5, 5.41) is 20.6. The van der Waals surface area contributed by atoms with Crippen molar-refractivity contribution in [2.75, 3.05) is 6.61 Å². The second-order valence-corrected chi connectivity index (χ2v) is 5.36. The van der Waals surface area contributed by atoms with Crippen molar-refractivity contribution in [1.82, 2.24) is 0 Å². The molecule has 0 saturated heterocycles. The Labute approximate surface area is 142 Å². The summed E-state index contributed by atoms with van der Waals surface area (Å²) in [6, 6.07) is 8.05. The fourth-order valence-electron chi connectivity index (χ4n) is 2.61. The number of nitro benzene ring substituents is 1. The fourth-order valence-corrected chi connectivity index (χ4v) is 2.61. The number of rotatable bonds is 4. The lowest BCUT2D eigenvalue weighted by Gasteiger charge is -2.06. The minimum absolute atomic E-state index is 0.0225. The van der Waals surface area contributed by atoms with Crippen molar-refractivity contribution in [2.24, 2.45) is 0 Å². The van der Waals surface area contributed by atoms with Crippen molar-refractivity contribution in [3.05, 3.63) is 68.8 Å². The van der Waals surface area contributed by atoms with Gasteiger partial charge in [0.1, 0.15) is 0 Å². The molecule has 0 saturated carbocycles. The van der Waals surface area contributed by atoms with Gasteiger partial charge >= 0.3 is 0 Å². The minimum atomic E-state index is -0.617. The normalized spacial score (nSPS) is 14.7. The average Bonchev–Trinajstić information content (AvgIpc) is 2.82. The van der Waals surface area contributed by atoms with Crippen LogP contribution in [-0.4, -0.2) is 28.2 Å². The highest BCUT2D eigenvalue weighted by Gasteiger charge is 2.34. The van der Waals surface area contributed by atoms with Crippen LogP contribution in [0.25, 0.3) is 6.08 Å². The molecular weight excluding hydrogens is 326 g/mol. The van der Waals surface area contributed by atoms with E-state index in [4.69, 9.17) is 4.74 Å². The fraction of sp³-hybridized carbons (Fsp3) is 0.111. The number of nitro groups is 1. The van der Waals surface area contributed by atoms with Gasteiger partial charge in [-0.25, -0.2) is 0 Å². The highest BCUT2D eigenvalue weighted by atomic mass is 16.6. The molecule has 1 N–H and O–H groups in total. The van der Waals surface area contributed by atoms with Crippen LogP contribution in [0.15, 0.2) is 42.0 Å². The maximum Gasteiger partial charge on any atom is 0.270 e. The van der Waals surface area contributed by atoms with Crippen molar-refractivity contribution >= 4 is 23.3 Å². The molecule has 1 aliphatic rings. The highest BCUT2D eigenvalue weighted by molar-refractivity contribution is 6.41. The second-order valence-electron chi connectivity index (χ2n) is 5.36. The van der Waals surface area contributed by atoms with E-state index in [1.807, 2.05) is 0 Å². The zero-order valence-corrected chi connectivity index (χ0v) is 13.2. The molecule has 0 spiro atoms. The van der Waals surface area contributed by atoms with E-state index < -0.39 is 16.5 Å². The molecule has 1 aliphatic carbocycles. The smallest absolute Gasteiger partial charge is 0.270 e. The van der Waals surface area contributed by atoms with E-state index in [-0.39, 0.29) is 33.9 Å². The first kappa shape index (κ1) is 16.4. The van der Waals surface area contributed by atoms with Crippen LogP contribution in [0.4, 0.5) is 5.69 Å². The number of phenols is 1. The van der Waals surface area contributed by atoms with E-state index in [0.717, 1.165) is 6.07 Å². The zero-order chi connectivity index (χ0) is 18.1. The maximum atomic E-state index is 12.5. The Bertz CT molecular complexity index is 945. The van der Waals surface area contributed by atoms with Gasteiger partial charge < -0.3 is 9.84 Å². The van der Waals surface area contributed by atoms with Gasteiger partial charge in [0.25, 0.3) is 5.69 Å².